The van der Waals surface area contributed by atoms with Crippen LogP contribution in [0, 0.1) is 11.8 Å². The van der Waals surface area contributed by atoms with Crippen LogP contribution in [0.3, 0.4) is 0 Å². The molecule has 170 valence electrons. The molecule has 0 unspecified atom stereocenters. The van der Waals surface area contributed by atoms with Gasteiger partial charge in [0.1, 0.15) is 5.75 Å². The zero-order valence-electron chi connectivity index (χ0n) is 19.6. The zero-order chi connectivity index (χ0) is 22.3. The molecule has 0 spiro atoms. The van der Waals surface area contributed by atoms with E-state index in [-0.39, 0.29) is 11.8 Å². The first-order valence-corrected chi connectivity index (χ1v) is 11.7. The lowest BCUT2D eigenvalue weighted by molar-refractivity contribution is -0.0547. The van der Waals surface area contributed by atoms with Crippen molar-refractivity contribution in [3.8, 4) is 5.75 Å². The highest BCUT2D eigenvalue weighted by Gasteiger charge is 2.43. The van der Waals surface area contributed by atoms with Crippen LogP contribution in [0.25, 0.3) is 0 Å². The van der Waals surface area contributed by atoms with Crippen molar-refractivity contribution >= 4 is 0 Å². The van der Waals surface area contributed by atoms with E-state index in [0.29, 0.717) is 5.92 Å². The average molecular weight is 426 g/mol. The monoisotopic (exact) mass is 425 g/mol. The molecule has 0 aromatic heterocycles. The maximum absolute atomic E-state index is 12.2. The van der Waals surface area contributed by atoms with Gasteiger partial charge in [0.25, 0.3) is 0 Å². The third kappa shape index (κ3) is 6.09. The van der Waals surface area contributed by atoms with E-state index in [1.807, 2.05) is 30.3 Å². The smallest absolute Gasteiger partial charge is 0.119 e. The second-order valence-corrected chi connectivity index (χ2v) is 9.41. The van der Waals surface area contributed by atoms with Crippen LogP contribution >= 0.6 is 0 Å². The molecule has 1 aliphatic heterocycles. The number of ether oxygens (including phenoxy) is 2. The lowest BCUT2D eigenvalue weighted by atomic mass is 9.70. The van der Waals surface area contributed by atoms with E-state index < -0.39 is 5.60 Å². The lowest BCUT2D eigenvalue weighted by Gasteiger charge is -2.43. The summed E-state index contributed by atoms with van der Waals surface area (Å²) in [6, 6.07) is 18.5. The molecule has 2 atom stereocenters. The van der Waals surface area contributed by atoms with E-state index in [1.165, 1.54) is 5.56 Å². The Labute approximate surface area is 188 Å². The highest BCUT2D eigenvalue weighted by Crippen LogP contribution is 2.43. The third-order valence-electron chi connectivity index (χ3n) is 6.44. The molecule has 1 aliphatic rings. The molecule has 1 saturated heterocycles. The van der Waals surface area contributed by atoms with Gasteiger partial charge in [0.2, 0.25) is 0 Å². The predicted octanol–water partition coefficient (Wildman–Crippen LogP) is 5.07. The molecular formula is C27H39NO3. The molecule has 0 radical (unpaired) electrons. The molecule has 4 nitrogen and oxygen atoms in total. The largest absolute Gasteiger partial charge is 0.494 e. The van der Waals surface area contributed by atoms with Gasteiger partial charge in [-0.1, -0.05) is 70.2 Å². The van der Waals surface area contributed by atoms with Crippen molar-refractivity contribution in [2.45, 2.75) is 45.6 Å². The van der Waals surface area contributed by atoms with E-state index in [0.717, 1.165) is 57.2 Å². The Hall–Kier alpha value is -1.88. The van der Waals surface area contributed by atoms with Gasteiger partial charge in [-0.15, -0.1) is 0 Å². The Balaban J connectivity index is 1.88. The summed E-state index contributed by atoms with van der Waals surface area (Å²) in [7, 11) is 0. The fourth-order valence-electron chi connectivity index (χ4n) is 4.39. The van der Waals surface area contributed by atoms with Crippen molar-refractivity contribution in [1.82, 2.24) is 4.90 Å². The standard InChI is InChI=1S/C27H39NO3/c1-21(2)14-17-31-25-12-10-24(11-13-25)27(29,22(3)4)26(23-8-6-5-7-9-23)20-28-15-18-30-19-16-28/h5-13,21-22,26,29H,14-20H2,1-4H3/t26-,27+/m0/s1. The maximum Gasteiger partial charge on any atom is 0.119 e. The lowest BCUT2D eigenvalue weighted by Crippen LogP contribution is -2.47. The van der Waals surface area contributed by atoms with E-state index in [9.17, 15) is 5.11 Å². The Kier molecular flexibility index (Phi) is 8.53. The summed E-state index contributed by atoms with van der Waals surface area (Å²) in [4.78, 5) is 2.41. The normalized spacial score (nSPS) is 18.2. The molecule has 4 heteroatoms. The van der Waals surface area contributed by atoms with Crippen molar-refractivity contribution in [3.63, 3.8) is 0 Å². The van der Waals surface area contributed by atoms with Crippen LogP contribution in [0.1, 0.15) is 51.2 Å². The van der Waals surface area contributed by atoms with E-state index in [4.69, 9.17) is 9.47 Å². The fraction of sp³-hybridized carbons (Fsp3) is 0.556. The number of hydrogen-bond donors (Lipinski definition) is 1. The number of nitrogens with zero attached hydrogens (tertiary/aromatic N) is 1. The maximum atomic E-state index is 12.2. The van der Waals surface area contributed by atoms with Crippen LogP contribution in [0.15, 0.2) is 54.6 Å². The first kappa shape index (κ1) is 23.8. The van der Waals surface area contributed by atoms with Gasteiger partial charge in [-0.2, -0.15) is 0 Å². The summed E-state index contributed by atoms with van der Waals surface area (Å²) in [6.07, 6.45) is 1.04. The summed E-state index contributed by atoms with van der Waals surface area (Å²) < 4.78 is 11.5. The molecule has 0 aliphatic carbocycles. The number of rotatable bonds is 10. The van der Waals surface area contributed by atoms with Crippen molar-refractivity contribution in [3.05, 3.63) is 65.7 Å². The third-order valence-corrected chi connectivity index (χ3v) is 6.44. The van der Waals surface area contributed by atoms with Crippen LogP contribution in [0.5, 0.6) is 5.75 Å². The molecule has 2 aromatic carbocycles. The van der Waals surface area contributed by atoms with Crippen molar-refractivity contribution < 1.29 is 14.6 Å². The zero-order valence-corrected chi connectivity index (χ0v) is 19.6. The van der Waals surface area contributed by atoms with Gasteiger partial charge < -0.3 is 14.6 Å². The molecule has 0 amide bonds. The average Bonchev–Trinajstić information content (AvgIpc) is 2.78. The molecule has 3 rings (SSSR count). The topological polar surface area (TPSA) is 41.9 Å². The van der Waals surface area contributed by atoms with Crippen molar-refractivity contribution in [1.29, 1.82) is 0 Å². The van der Waals surface area contributed by atoms with Gasteiger partial charge in [0.05, 0.1) is 25.4 Å². The second kappa shape index (κ2) is 11.1. The minimum absolute atomic E-state index is 0.0421. The molecule has 0 saturated carbocycles. The van der Waals surface area contributed by atoms with Crippen LogP contribution in [0.2, 0.25) is 0 Å². The minimum Gasteiger partial charge on any atom is -0.494 e. The summed E-state index contributed by atoms with van der Waals surface area (Å²) in [5.41, 5.74) is 1.12. The molecular weight excluding hydrogens is 386 g/mol. The number of hydrogen-bond acceptors (Lipinski definition) is 4. The first-order chi connectivity index (χ1) is 14.9. The van der Waals surface area contributed by atoms with Crippen LogP contribution in [-0.2, 0) is 10.3 Å². The molecule has 1 heterocycles. The van der Waals surface area contributed by atoms with Crippen LogP contribution in [-0.4, -0.2) is 49.5 Å². The number of morpholine rings is 1. The van der Waals surface area contributed by atoms with Gasteiger partial charge in [0.15, 0.2) is 0 Å². The van der Waals surface area contributed by atoms with E-state index in [1.54, 1.807) is 0 Å². The Morgan fingerprint density at radius 2 is 1.61 bits per heavy atom. The summed E-state index contributed by atoms with van der Waals surface area (Å²) in [5, 5.41) is 12.2. The quantitative estimate of drug-likeness (QED) is 0.577. The van der Waals surface area contributed by atoms with E-state index in [2.05, 4.69) is 56.9 Å². The van der Waals surface area contributed by atoms with Gasteiger partial charge >= 0.3 is 0 Å². The molecule has 1 fully saturated rings. The van der Waals surface area contributed by atoms with Gasteiger partial charge in [-0.25, -0.2) is 0 Å². The second-order valence-electron chi connectivity index (χ2n) is 9.41. The highest BCUT2D eigenvalue weighted by molar-refractivity contribution is 5.36. The van der Waals surface area contributed by atoms with Crippen molar-refractivity contribution in [2.75, 3.05) is 39.5 Å². The van der Waals surface area contributed by atoms with Gasteiger partial charge in [-0.05, 0) is 41.5 Å². The van der Waals surface area contributed by atoms with Gasteiger partial charge in [0, 0.05) is 25.6 Å². The molecule has 31 heavy (non-hydrogen) atoms. The summed E-state index contributed by atoms with van der Waals surface area (Å²) in [6.45, 7) is 13.5. The molecule has 2 aromatic rings. The molecule has 1 N–H and O–H groups in total. The summed E-state index contributed by atoms with van der Waals surface area (Å²) in [5.74, 6) is 1.49. The molecule has 0 bridgehead atoms. The predicted molar refractivity (Wildman–Crippen MR) is 127 cm³/mol. The van der Waals surface area contributed by atoms with Crippen LogP contribution in [0.4, 0.5) is 0 Å². The SMILES string of the molecule is CC(C)CCOc1ccc([C@](O)(C(C)C)[C@@H](CN2CCOCC2)c2ccccc2)cc1. The number of aliphatic hydroxyl groups is 1. The fourth-order valence-corrected chi connectivity index (χ4v) is 4.39. The highest BCUT2D eigenvalue weighted by atomic mass is 16.5. The Morgan fingerprint density at radius 3 is 2.19 bits per heavy atom. The van der Waals surface area contributed by atoms with E-state index >= 15 is 0 Å². The summed E-state index contributed by atoms with van der Waals surface area (Å²) >= 11 is 0. The minimum atomic E-state index is -0.990. The van der Waals surface area contributed by atoms with Gasteiger partial charge in [-0.3, -0.25) is 4.90 Å². The Morgan fingerprint density at radius 1 is 0.968 bits per heavy atom. The number of benzene rings is 2. The van der Waals surface area contributed by atoms with Crippen LogP contribution < -0.4 is 4.74 Å². The van der Waals surface area contributed by atoms with Crippen molar-refractivity contribution in [2.24, 2.45) is 11.8 Å². The first-order valence-electron chi connectivity index (χ1n) is 11.7. The Bertz CT molecular complexity index is 769.